The normalized spacial score (nSPS) is 30.4. The number of hydrogen-bond acceptors (Lipinski definition) is 5. The van der Waals surface area contributed by atoms with Crippen molar-refractivity contribution >= 4 is 5.97 Å². The van der Waals surface area contributed by atoms with Crippen LogP contribution in [0.3, 0.4) is 0 Å². The van der Waals surface area contributed by atoms with Crippen molar-refractivity contribution in [2.45, 2.75) is 57.1 Å². The van der Waals surface area contributed by atoms with Crippen LogP contribution in [0.4, 0.5) is 0 Å². The van der Waals surface area contributed by atoms with Gasteiger partial charge in [-0.2, -0.15) is 0 Å². The summed E-state index contributed by atoms with van der Waals surface area (Å²) in [5, 5.41) is 12.2. The van der Waals surface area contributed by atoms with Crippen molar-refractivity contribution in [2.75, 3.05) is 52.4 Å². The molecule has 6 nitrogen and oxygen atoms in total. The van der Waals surface area contributed by atoms with Gasteiger partial charge in [-0.25, -0.2) is 0 Å². The quantitative estimate of drug-likeness (QED) is 0.721. The van der Waals surface area contributed by atoms with Gasteiger partial charge in [0, 0.05) is 45.4 Å². The maximum absolute atomic E-state index is 10.7. The SMILES string of the molecule is O=C(O)CCN1CCN(C2CCC(OCC3CCNCC3)CC2)CC1. The fraction of sp³-hybridized carbons (Fsp3) is 0.947. The summed E-state index contributed by atoms with van der Waals surface area (Å²) in [5.41, 5.74) is 0. The molecular weight excluding hydrogens is 318 g/mol. The molecule has 1 saturated carbocycles. The van der Waals surface area contributed by atoms with Gasteiger partial charge in [-0.3, -0.25) is 9.69 Å². The number of piperazine rings is 1. The van der Waals surface area contributed by atoms with Crippen molar-refractivity contribution in [1.82, 2.24) is 15.1 Å². The maximum atomic E-state index is 10.7. The highest BCUT2D eigenvalue weighted by Crippen LogP contribution is 2.27. The molecule has 0 amide bonds. The molecule has 1 aliphatic carbocycles. The number of nitrogens with zero attached hydrogens (tertiary/aromatic N) is 2. The monoisotopic (exact) mass is 353 g/mol. The first-order valence-electron chi connectivity index (χ1n) is 10.2. The maximum Gasteiger partial charge on any atom is 0.304 e. The van der Waals surface area contributed by atoms with Crippen molar-refractivity contribution in [3.05, 3.63) is 0 Å². The van der Waals surface area contributed by atoms with E-state index in [-0.39, 0.29) is 6.42 Å². The van der Waals surface area contributed by atoms with Crippen LogP contribution in [0, 0.1) is 5.92 Å². The van der Waals surface area contributed by atoms with Crippen molar-refractivity contribution in [3.8, 4) is 0 Å². The van der Waals surface area contributed by atoms with E-state index in [0.717, 1.165) is 51.8 Å². The van der Waals surface area contributed by atoms with Gasteiger partial charge in [0.05, 0.1) is 12.5 Å². The number of rotatable bonds is 7. The molecule has 0 unspecified atom stereocenters. The first-order chi connectivity index (χ1) is 12.2. The Morgan fingerprint density at radius 1 is 1.00 bits per heavy atom. The molecule has 25 heavy (non-hydrogen) atoms. The minimum absolute atomic E-state index is 0.263. The first-order valence-corrected chi connectivity index (χ1v) is 10.2. The zero-order valence-corrected chi connectivity index (χ0v) is 15.5. The average molecular weight is 354 g/mol. The Hall–Kier alpha value is -0.690. The predicted octanol–water partition coefficient (Wildman–Crippen LogP) is 1.41. The number of carbonyl (C=O) groups is 1. The Bertz CT molecular complexity index is 399. The smallest absolute Gasteiger partial charge is 0.304 e. The van der Waals surface area contributed by atoms with Gasteiger partial charge >= 0.3 is 5.97 Å². The third-order valence-corrected chi connectivity index (χ3v) is 6.24. The van der Waals surface area contributed by atoms with Crippen LogP contribution in [0.1, 0.15) is 44.9 Å². The molecular formula is C19H35N3O3. The number of aliphatic carboxylic acids is 1. The number of piperidine rings is 1. The van der Waals surface area contributed by atoms with E-state index in [2.05, 4.69) is 15.1 Å². The fourth-order valence-corrected chi connectivity index (χ4v) is 4.50. The predicted molar refractivity (Wildman–Crippen MR) is 97.9 cm³/mol. The zero-order valence-electron chi connectivity index (χ0n) is 15.5. The lowest BCUT2D eigenvalue weighted by molar-refractivity contribution is -0.137. The van der Waals surface area contributed by atoms with E-state index in [1.54, 1.807) is 0 Å². The molecule has 0 aromatic carbocycles. The third kappa shape index (κ3) is 6.20. The number of carboxylic acids is 1. The average Bonchev–Trinajstić information content (AvgIpc) is 2.66. The lowest BCUT2D eigenvalue weighted by Gasteiger charge is -2.42. The van der Waals surface area contributed by atoms with Gasteiger partial charge in [0.1, 0.15) is 0 Å². The molecule has 0 radical (unpaired) electrons. The standard InChI is InChI=1S/C19H35N3O3/c23-19(24)7-10-21-11-13-22(14-12-21)17-1-3-18(4-2-17)25-15-16-5-8-20-9-6-16/h16-18,20H,1-15H2,(H,23,24). The molecule has 0 aromatic rings. The summed E-state index contributed by atoms with van der Waals surface area (Å²) in [6, 6.07) is 0.709. The Balaban J connectivity index is 1.29. The van der Waals surface area contributed by atoms with E-state index in [4.69, 9.17) is 9.84 Å². The molecule has 144 valence electrons. The van der Waals surface area contributed by atoms with Gasteiger partial charge in [-0.15, -0.1) is 0 Å². The van der Waals surface area contributed by atoms with Crippen LogP contribution in [0.15, 0.2) is 0 Å². The highest BCUT2D eigenvalue weighted by atomic mass is 16.5. The molecule has 2 saturated heterocycles. The van der Waals surface area contributed by atoms with Crippen LogP contribution in [0.25, 0.3) is 0 Å². The van der Waals surface area contributed by atoms with Gasteiger partial charge in [0.25, 0.3) is 0 Å². The molecule has 3 aliphatic rings. The Morgan fingerprint density at radius 2 is 1.68 bits per heavy atom. The van der Waals surface area contributed by atoms with Crippen molar-refractivity contribution in [2.24, 2.45) is 5.92 Å². The van der Waals surface area contributed by atoms with Gasteiger partial charge in [-0.1, -0.05) is 0 Å². The van der Waals surface area contributed by atoms with Gasteiger partial charge < -0.3 is 20.1 Å². The lowest BCUT2D eigenvalue weighted by Crippen LogP contribution is -2.51. The Labute approximate surface area is 151 Å². The minimum Gasteiger partial charge on any atom is -0.481 e. The van der Waals surface area contributed by atoms with E-state index in [1.165, 1.54) is 38.5 Å². The third-order valence-electron chi connectivity index (χ3n) is 6.24. The van der Waals surface area contributed by atoms with Crippen LogP contribution < -0.4 is 5.32 Å². The molecule has 2 heterocycles. The van der Waals surface area contributed by atoms with Gasteiger partial charge in [0.15, 0.2) is 0 Å². The molecule has 0 bridgehead atoms. The van der Waals surface area contributed by atoms with Crippen molar-refractivity contribution < 1.29 is 14.6 Å². The second-order valence-electron chi connectivity index (χ2n) is 7.98. The summed E-state index contributed by atoms with van der Waals surface area (Å²) in [4.78, 5) is 15.6. The molecule has 2 aliphatic heterocycles. The van der Waals surface area contributed by atoms with Crippen LogP contribution in [0.5, 0.6) is 0 Å². The zero-order chi connectivity index (χ0) is 17.5. The summed E-state index contributed by atoms with van der Waals surface area (Å²) >= 11 is 0. The van der Waals surface area contributed by atoms with Gasteiger partial charge in [0.2, 0.25) is 0 Å². The first kappa shape index (κ1) is 19.1. The molecule has 0 spiro atoms. The highest BCUT2D eigenvalue weighted by molar-refractivity contribution is 5.66. The second kappa shape index (κ2) is 9.86. The summed E-state index contributed by atoms with van der Waals surface area (Å²) in [7, 11) is 0. The number of hydrogen-bond donors (Lipinski definition) is 2. The van der Waals surface area contributed by atoms with E-state index < -0.39 is 5.97 Å². The van der Waals surface area contributed by atoms with Crippen LogP contribution in [0.2, 0.25) is 0 Å². The molecule has 3 rings (SSSR count). The van der Waals surface area contributed by atoms with E-state index in [0.29, 0.717) is 18.7 Å². The molecule has 3 fully saturated rings. The lowest BCUT2D eigenvalue weighted by atomic mass is 9.91. The second-order valence-corrected chi connectivity index (χ2v) is 7.98. The summed E-state index contributed by atoms with van der Waals surface area (Å²) in [6.07, 6.45) is 8.19. The Kier molecular flexibility index (Phi) is 7.52. The Morgan fingerprint density at radius 3 is 2.32 bits per heavy atom. The molecule has 0 atom stereocenters. The largest absolute Gasteiger partial charge is 0.481 e. The van der Waals surface area contributed by atoms with E-state index in [9.17, 15) is 4.79 Å². The van der Waals surface area contributed by atoms with E-state index >= 15 is 0 Å². The van der Waals surface area contributed by atoms with Gasteiger partial charge in [-0.05, 0) is 57.5 Å². The van der Waals surface area contributed by atoms with Crippen LogP contribution in [-0.4, -0.2) is 85.4 Å². The highest BCUT2D eigenvalue weighted by Gasteiger charge is 2.29. The molecule has 2 N–H and O–H groups in total. The summed E-state index contributed by atoms with van der Waals surface area (Å²) < 4.78 is 6.22. The number of ether oxygens (including phenoxy) is 1. The molecule has 0 aromatic heterocycles. The summed E-state index contributed by atoms with van der Waals surface area (Å²) in [6.45, 7) is 8.16. The van der Waals surface area contributed by atoms with Crippen LogP contribution >= 0.6 is 0 Å². The number of nitrogens with one attached hydrogen (secondary N) is 1. The molecule has 6 heteroatoms. The summed E-state index contributed by atoms with van der Waals surface area (Å²) in [5.74, 6) is 0.0723. The van der Waals surface area contributed by atoms with Crippen LogP contribution in [-0.2, 0) is 9.53 Å². The fourth-order valence-electron chi connectivity index (χ4n) is 4.50. The van der Waals surface area contributed by atoms with Crippen molar-refractivity contribution in [3.63, 3.8) is 0 Å². The minimum atomic E-state index is -0.690. The van der Waals surface area contributed by atoms with Crippen molar-refractivity contribution in [1.29, 1.82) is 0 Å². The topological polar surface area (TPSA) is 65.0 Å². The number of carboxylic acid groups (broad SMARTS) is 1. The van der Waals surface area contributed by atoms with E-state index in [1.807, 2.05) is 0 Å².